The quantitative estimate of drug-likeness (QED) is 0.665. The van der Waals surface area contributed by atoms with Gasteiger partial charge in [-0.1, -0.05) is 18.2 Å². The van der Waals surface area contributed by atoms with E-state index in [9.17, 15) is 0 Å². The minimum atomic E-state index is 0.708. The first kappa shape index (κ1) is 11.7. The van der Waals surface area contributed by atoms with Crippen molar-refractivity contribution in [2.75, 3.05) is 0 Å². The van der Waals surface area contributed by atoms with Gasteiger partial charge < -0.3 is 0 Å². The van der Waals surface area contributed by atoms with Gasteiger partial charge >= 0.3 is 0 Å². The van der Waals surface area contributed by atoms with Crippen LogP contribution in [-0.2, 0) is 6.42 Å². The summed E-state index contributed by atoms with van der Waals surface area (Å²) in [6.45, 7) is 5.92. The molecule has 3 nitrogen and oxygen atoms in total. The third-order valence-corrected chi connectivity index (χ3v) is 3.14. The summed E-state index contributed by atoms with van der Waals surface area (Å²) < 4.78 is 2.10. The van der Waals surface area contributed by atoms with E-state index in [2.05, 4.69) is 52.3 Å². The van der Waals surface area contributed by atoms with Crippen LogP contribution in [0, 0.1) is 6.92 Å². The number of nitrogens with zero attached hydrogens (tertiary/aromatic N) is 3. The predicted molar refractivity (Wildman–Crippen MR) is 77.5 cm³/mol. The fourth-order valence-corrected chi connectivity index (χ4v) is 2.31. The van der Waals surface area contributed by atoms with E-state index in [1.54, 1.807) is 12.4 Å². The van der Waals surface area contributed by atoms with Crippen molar-refractivity contribution in [1.82, 2.24) is 14.5 Å². The van der Waals surface area contributed by atoms with E-state index in [0.29, 0.717) is 5.95 Å². The topological polar surface area (TPSA) is 30.7 Å². The van der Waals surface area contributed by atoms with E-state index < -0.39 is 0 Å². The Morgan fingerprint density at radius 2 is 2.00 bits per heavy atom. The molecule has 0 amide bonds. The van der Waals surface area contributed by atoms with Crippen molar-refractivity contribution in [3.8, 4) is 5.95 Å². The van der Waals surface area contributed by atoms with Crippen LogP contribution in [0.2, 0.25) is 0 Å². The largest absolute Gasteiger partial charge is 0.282 e. The fourth-order valence-electron chi connectivity index (χ4n) is 2.31. The van der Waals surface area contributed by atoms with Crippen LogP contribution in [0.1, 0.15) is 11.3 Å². The highest BCUT2D eigenvalue weighted by Crippen LogP contribution is 2.24. The molecule has 0 aliphatic rings. The molecule has 0 aliphatic heterocycles. The third kappa shape index (κ3) is 2.03. The van der Waals surface area contributed by atoms with Crippen molar-refractivity contribution in [2.45, 2.75) is 13.3 Å². The number of fused-ring (bicyclic) bond motifs is 1. The summed E-state index contributed by atoms with van der Waals surface area (Å²) in [7, 11) is 0. The van der Waals surface area contributed by atoms with Gasteiger partial charge in [-0.15, -0.1) is 6.58 Å². The second-order valence-electron chi connectivity index (χ2n) is 4.57. The zero-order valence-corrected chi connectivity index (χ0v) is 10.9. The van der Waals surface area contributed by atoms with Gasteiger partial charge in [0.05, 0.1) is 5.52 Å². The minimum absolute atomic E-state index is 0.708. The van der Waals surface area contributed by atoms with Crippen molar-refractivity contribution in [1.29, 1.82) is 0 Å². The molecular weight excluding hydrogens is 234 g/mol. The standard InChI is InChI=1S/C16H15N3/c1-3-5-14-11-13-7-6-12(2)10-15(13)19(14)16-17-8-4-9-18-16/h3-4,6-11H,1,5H2,2H3. The Kier molecular flexibility index (Phi) is 2.88. The van der Waals surface area contributed by atoms with Crippen LogP contribution in [0.4, 0.5) is 0 Å². The molecule has 0 N–H and O–H groups in total. The Labute approximate surface area is 112 Å². The number of aromatic nitrogens is 3. The van der Waals surface area contributed by atoms with Crippen LogP contribution in [0.15, 0.2) is 55.4 Å². The molecule has 0 atom stereocenters. The van der Waals surface area contributed by atoms with Gasteiger partial charge in [0.15, 0.2) is 0 Å². The smallest absolute Gasteiger partial charge is 0.234 e. The van der Waals surface area contributed by atoms with Gasteiger partial charge in [0, 0.05) is 29.9 Å². The van der Waals surface area contributed by atoms with Crippen molar-refractivity contribution < 1.29 is 0 Å². The van der Waals surface area contributed by atoms with Crippen molar-refractivity contribution >= 4 is 10.9 Å². The lowest BCUT2D eigenvalue weighted by atomic mass is 10.2. The third-order valence-electron chi connectivity index (χ3n) is 3.14. The number of allylic oxidation sites excluding steroid dienone is 1. The molecule has 0 aliphatic carbocycles. The average Bonchev–Trinajstić information content (AvgIpc) is 2.77. The summed E-state index contributed by atoms with van der Waals surface area (Å²) in [5, 5.41) is 1.20. The lowest BCUT2D eigenvalue weighted by Crippen LogP contribution is -2.03. The van der Waals surface area contributed by atoms with Crippen molar-refractivity contribution in [3.63, 3.8) is 0 Å². The average molecular weight is 249 g/mol. The monoisotopic (exact) mass is 249 g/mol. The molecule has 0 radical (unpaired) electrons. The Morgan fingerprint density at radius 3 is 2.74 bits per heavy atom. The summed E-state index contributed by atoms with van der Waals surface area (Å²) in [5.74, 6) is 0.708. The van der Waals surface area contributed by atoms with Crippen molar-refractivity contribution in [2.24, 2.45) is 0 Å². The van der Waals surface area contributed by atoms with E-state index >= 15 is 0 Å². The highest BCUT2D eigenvalue weighted by molar-refractivity contribution is 5.83. The molecule has 19 heavy (non-hydrogen) atoms. The molecule has 2 aromatic heterocycles. The highest BCUT2D eigenvalue weighted by Gasteiger charge is 2.11. The molecule has 3 heteroatoms. The molecule has 0 spiro atoms. The van der Waals surface area contributed by atoms with Crippen LogP contribution in [-0.4, -0.2) is 14.5 Å². The number of aryl methyl sites for hydroxylation is 1. The second kappa shape index (κ2) is 4.69. The minimum Gasteiger partial charge on any atom is -0.282 e. The molecule has 0 saturated heterocycles. The second-order valence-corrected chi connectivity index (χ2v) is 4.57. The van der Waals surface area contributed by atoms with E-state index in [1.165, 1.54) is 10.9 Å². The van der Waals surface area contributed by atoms with Crippen LogP contribution < -0.4 is 0 Å². The van der Waals surface area contributed by atoms with Gasteiger partial charge in [-0.2, -0.15) is 0 Å². The van der Waals surface area contributed by atoms with Crippen molar-refractivity contribution in [3.05, 3.63) is 66.6 Å². The molecule has 94 valence electrons. The Balaban J connectivity index is 2.33. The fraction of sp³-hybridized carbons (Fsp3) is 0.125. The van der Waals surface area contributed by atoms with Gasteiger partial charge in [-0.05, 0) is 30.7 Å². The summed E-state index contributed by atoms with van der Waals surface area (Å²) >= 11 is 0. The van der Waals surface area contributed by atoms with E-state index in [4.69, 9.17) is 0 Å². The van der Waals surface area contributed by atoms with Gasteiger partial charge in [-0.25, -0.2) is 9.97 Å². The first-order valence-electron chi connectivity index (χ1n) is 6.29. The number of benzene rings is 1. The molecule has 0 saturated carbocycles. The summed E-state index contributed by atoms with van der Waals surface area (Å²) in [6, 6.07) is 10.4. The summed E-state index contributed by atoms with van der Waals surface area (Å²) in [6.07, 6.45) is 6.23. The lowest BCUT2D eigenvalue weighted by molar-refractivity contribution is 0.907. The van der Waals surface area contributed by atoms with Gasteiger partial charge in [0.1, 0.15) is 0 Å². The molecule has 3 aromatic rings. The van der Waals surface area contributed by atoms with E-state index in [0.717, 1.165) is 17.6 Å². The van der Waals surface area contributed by atoms with Gasteiger partial charge in [0.2, 0.25) is 5.95 Å². The van der Waals surface area contributed by atoms with Crippen LogP contribution >= 0.6 is 0 Å². The molecule has 0 unspecified atom stereocenters. The first-order valence-corrected chi connectivity index (χ1v) is 6.29. The number of hydrogen-bond donors (Lipinski definition) is 0. The normalized spacial score (nSPS) is 10.8. The highest BCUT2D eigenvalue weighted by atomic mass is 15.1. The SMILES string of the molecule is C=CCc1cc2ccc(C)cc2n1-c1ncccn1. The van der Waals surface area contributed by atoms with E-state index in [-0.39, 0.29) is 0 Å². The maximum atomic E-state index is 4.36. The molecule has 0 fully saturated rings. The molecule has 3 rings (SSSR count). The van der Waals surface area contributed by atoms with E-state index in [1.807, 2.05) is 12.1 Å². The molecule has 0 bridgehead atoms. The molecule has 2 heterocycles. The van der Waals surface area contributed by atoms with Crippen LogP contribution in [0.5, 0.6) is 0 Å². The Bertz CT molecular complexity index is 726. The number of hydrogen-bond acceptors (Lipinski definition) is 2. The lowest BCUT2D eigenvalue weighted by Gasteiger charge is -2.07. The Morgan fingerprint density at radius 1 is 1.21 bits per heavy atom. The first-order chi connectivity index (χ1) is 9.29. The Hall–Kier alpha value is -2.42. The number of rotatable bonds is 3. The maximum absolute atomic E-state index is 4.36. The van der Waals surface area contributed by atoms with Gasteiger partial charge in [0.25, 0.3) is 0 Å². The van der Waals surface area contributed by atoms with Crippen LogP contribution in [0.3, 0.4) is 0 Å². The predicted octanol–water partition coefficient (Wildman–Crippen LogP) is 3.46. The molecule has 1 aromatic carbocycles. The van der Waals surface area contributed by atoms with Crippen LogP contribution in [0.25, 0.3) is 16.9 Å². The summed E-state index contributed by atoms with van der Waals surface area (Å²) in [5.41, 5.74) is 3.53. The molecular formula is C16H15N3. The zero-order valence-electron chi connectivity index (χ0n) is 10.9. The van der Waals surface area contributed by atoms with Gasteiger partial charge in [-0.3, -0.25) is 4.57 Å². The maximum Gasteiger partial charge on any atom is 0.234 e. The summed E-state index contributed by atoms with van der Waals surface area (Å²) in [4.78, 5) is 8.72. The zero-order chi connectivity index (χ0) is 13.2.